The summed E-state index contributed by atoms with van der Waals surface area (Å²) in [6, 6.07) is 0. The summed E-state index contributed by atoms with van der Waals surface area (Å²) < 4.78 is 10.2. The zero-order valence-corrected chi connectivity index (χ0v) is 6.41. The molecule has 0 aromatic rings. The number of aliphatic hydroxyl groups excluding tert-OH is 1. The number of aliphatic hydroxyl groups is 1. The Kier molecular flexibility index (Phi) is 2.65. The molecule has 0 bridgehead atoms. The molecule has 0 aliphatic carbocycles. The number of hydrogen-bond donors (Lipinski definition) is 1. The first-order chi connectivity index (χ1) is 4.72. The van der Waals surface area contributed by atoms with Crippen molar-refractivity contribution in [2.75, 3.05) is 7.11 Å². The van der Waals surface area contributed by atoms with Gasteiger partial charge in [0.25, 0.3) is 0 Å². The molecular formula is C7H14O3. The maximum atomic E-state index is 9.08. The first-order valence-electron chi connectivity index (χ1n) is 3.58. The Morgan fingerprint density at radius 3 is 2.70 bits per heavy atom. The van der Waals surface area contributed by atoms with Gasteiger partial charge in [0, 0.05) is 13.5 Å². The maximum Gasteiger partial charge on any atom is 0.157 e. The minimum Gasteiger partial charge on any atom is -0.381 e. The SMILES string of the molecule is CO[C@H]1C[C@@H](O)O[C@@H](C)C1. The monoisotopic (exact) mass is 146 g/mol. The van der Waals surface area contributed by atoms with Gasteiger partial charge in [0.2, 0.25) is 0 Å². The smallest absolute Gasteiger partial charge is 0.157 e. The molecule has 10 heavy (non-hydrogen) atoms. The molecule has 0 spiro atoms. The second-order valence-corrected chi connectivity index (χ2v) is 2.73. The lowest BCUT2D eigenvalue weighted by molar-refractivity contribution is -0.188. The third-order valence-corrected chi connectivity index (χ3v) is 1.78. The summed E-state index contributed by atoms with van der Waals surface area (Å²) in [6.07, 6.45) is 1.13. The van der Waals surface area contributed by atoms with Crippen LogP contribution in [0, 0.1) is 0 Å². The van der Waals surface area contributed by atoms with Gasteiger partial charge in [0.15, 0.2) is 6.29 Å². The van der Waals surface area contributed by atoms with Crippen LogP contribution < -0.4 is 0 Å². The molecule has 3 atom stereocenters. The Bertz CT molecular complexity index is 95.0. The zero-order valence-electron chi connectivity index (χ0n) is 6.41. The van der Waals surface area contributed by atoms with Crippen molar-refractivity contribution in [1.82, 2.24) is 0 Å². The summed E-state index contributed by atoms with van der Waals surface area (Å²) in [4.78, 5) is 0. The van der Waals surface area contributed by atoms with Gasteiger partial charge in [-0.15, -0.1) is 0 Å². The van der Waals surface area contributed by atoms with Crippen molar-refractivity contribution in [2.24, 2.45) is 0 Å². The van der Waals surface area contributed by atoms with E-state index < -0.39 is 6.29 Å². The summed E-state index contributed by atoms with van der Waals surface area (Å²) >= 11 is 0. The fourth-order valence-electron chi connectivity index (χ4n) is 1.26. The molecule has 1 heterocycles. The van der Waals surface area contributed by atoms with E-state index in [1.165, 1.54) is 0 Å². The molecule has 0 aromatic carbocycles. The molecule has 1 fully saturated rings. The summed E-state index contributed by atoms with van der Waals surface area (Å²) in [5.41, 5.74) is 0. The van der Waals surface area contributed by atoms with Gasteiger partial charge < -0.3 is 14.6 Å². The first kappa shape index (κ1) is 7.98. The average Bonchev–Trinajstić information content (AvgIpc) is 1.85. The maximum absolute atomic E-state index is 9.08. The molecule has 0 amide bonds. The van der Waals surface area contributed by atoms with Crippen molar-refractivity contribution in [2.45, 2.75) is 38.3 Å². The quantitative estimate of drug-likeness (QED) is 0.586. The molecule has 3 nitrogen and oxygen atoms in total. The van der Waals surface area contributed by atoms with Gasteiger partial charge in [-0.05, 0) is 13.3 Å². The van der Waals surface area contributed by atoms with Crippen LogP contribution in [0.25, 0.3) is 0 Å². The number of methoxy groups -OCH3 is 1. The van der Waals surface area contributed by atoms with Crippen LogP contribution >= 0.6 is 0 Å². The molecule has 60 valence electrons. The van der Waals surface area contributed by atoms with E-state index in [-0.39, 0.29) is 12.2 Å². The van der Waals surface area contributed by atoms with Crippen molar-refractivity contribution in [3.05, 3.63) is 0 Å². The largest absolute Gasteiger partial charge is 0.381 e. The Balaban J connectivity index is 2.35. The van der Waals surface area contributed by atoms with Crippen molar-refractivity contribution in [3.8, 4) is 0 Å². The highest BCUT2D eigenvalue weighted by atomic mass is 16.6. The predicted octanol–water partition coefficient (Wildman–Crippen LogP) is 0.519. The number of hydrogen-bond acceptors (Lipinski definition) is 3. The molecule has 0 radical (unpaired) electrons. The van der Waals surface area contributed by atoms with Crippen LogP contribution in [0.1, 0.15) is 19.8 Å². The predicted molar refractivity (Wildman–Crippen MR) is 36.6 cm³/mol. The van der Waals surface area contributed by atoms with Crippen LogP contribution in [0.5, 0.6) is 0 Å². The van der Waals surface area contributed by atoms with E-state index in [9.17, 15) is 0 Å². The summed E-state index contributed by atoms with van der Waals surface area (Å²) in [6.45, 7) is 1.94. The molecule has 0 saturated carbocycles. The Labute approximate surface area is 60.9 Å². The summed E-state index contributed by atoms with van der Waals surface area (Å²) in [5, 5.41) is 9.08. The molecular weight excluding hydrogens is 132 g/mol. The van der Waals surface area contributed by atoms with Gasteiger partial charge in [-0.1, -0.05) is 0 Å². The fraction of sp³-hybridized carbons (Fsp3) is 1.00. The molecule has 3 heteroatoms. The van der Waals surface area contributed by atoms with Gasteiger partial charge >= 0.3 is 0 Å². The summed E-state index contributed by atoms with van der Waals surface area (Å²) in [5.74, 6) is 0. The second kappa shape index (κ2) is 3.32. The highest BCUT2D eigenvalue weighted by Crippen LogP contribution is 2.19. The zero-order chi connectivity index (χ0) is 7.56. The van der Waals surface area contributed by atoms with Crippen molar-refractivity contribution >= 4 is 0 Å². The molecule has 1 N–H and O–H groups in total. The fourth-order valence-corrected chi connectivity index (χ4v) is 1.26. The van der Waals surface area contributed by atoms with Gasteiger partial charge in [-0.2, -0.15) is 0 Å². The van der Waals surface area contributed by atoms with Gasteiger partial charge in [0.1, 0.15) is 0 Å². The van der Waals surface area contributed by atoms with Crippen LogP contribution in [-0.2, 0) is 9.47 Å². The standard InChI is InChI=1S/C7H14O3/c1-5-3-6(9-2)4-7(8)10-5/h5-8H,3-4H2,1-2H3/t5-,6+,7-/m0/s1. The lowest BCUT2D eigenvalue weighted by atomic mass is 10.1. The Morgan fingerprint density at radius 2 is 2.20 bits per heavy atom. The Morgan fingerprint density at radius 1 is 1.50 bits per heavy atom. The molecule has 1 rings (SSSR count). The van der Waals surface area contributed by atoms with E-state index in [4.69, 9.17) is 14.6 Å². The van der Waals surface area contributed by atoms with Gasteiger partial charge in [0.05, 0.1) is 12.2 Å². The van der Waals surface area contributed by atoms with E-state index in [2.05, 4.69) is 0 Å². The van der Waals surface area contributed by atoms with E-state index in [0.29, 0.717) is 6.42 Å². The molecule has 1 aliphatic heterocycles. The van der Waals surface area contributed by atoms with Gasteiger partial charge in [-0.3, -0.25) is 0 Å². The van der Waals surface area contributed by atoms with E-state index >= 15 is 0 Å². The highest BCUT2D eigenvalue weighted by molar-refractivity contribution is 4.69. The topological polar surface area (TPSA) is 38.7 Å². The lowest BCUT2D eigenvalue weighted by Gasteiger charge is -2.29. The van der Waals surface area contributed by atoms with E-state index in [0.717, 1.165) is 6.42 Å². The van der Waals surface area contributed by atoms with Crippen molar-refractivity contribution in [3.63, 3.8) is 0 Å². The van der Waals surface area contributed by atoms with Crippen LogP contribution in [0.15, 0.2) is 0 Å². The number of rotatable bonds is 1. The Hall–Kier alpha value is -0.120. The van der Waals surface area contributed by atoms with E-state index in [1.807, 2.05) is 6.92 Å². The van der Waals surface area contributed by atoms with Crippen LogP contribution in [-0.4, -0.2) is 30.7 Å². The normalized spacial score (nSPS) is 41.7. The molecule has 0 unspecified atom stereocenters. The van der Waals surface area contributed by atoms with Crippen molar-refractivity contribution in [1.29, 1.82) is 0 Å². The minimum atomic E-state index is -0.631. The van der Waals surface area contributed by atoms with Crippen LogP contribution in [0.2, 0.25) is 0 Å². The third-order valence-electron chi connectivity index (χ3n) is 1.78. The first-order valence-corrected chi connectivity index (χ1v) is 3.58. The van der Waals surface area contributed by atoms with Gasteiger partial charge in [-0.25, -0.2) is 0 Å². The molecule has 0 aromatic heterocycles. The average molecular weight is 146 g/mol. The number of ether oxygens (including phenoxy) is 2. The van der Waals surface area contributed by atoms with Crippen LogP contribution in [0.3, 0.4) is 0 Å². The van der Waals surface area contributed by atoms with Crippen molar-refractivity contribution < 1.29 is 14.6 Å². The van der Waals surface area contributed by atoms with E-state index in [1.54, 1.807) is 7.11 Å². The van der Waals surface area contributed by atoms with Crippen LogP contribution in [0.4, 0.5) is 0 Å². The highest BCUT2D eigenvalue weighted by Gasteiger charge is 2.24. The molecule has 1 saturated heterocycles. The lowest BCUT2D eigenvalue weighted by Crippen LogP contribution is -2.34. The minimum absolute atomic E-state index is 0.119. The third kappa shape index (κ3) is 1.94. The molecule has 1 aliphatic rings. The summed E-state index contributed by atoms with van der Waals surface area (Å²) in [7, 11) is 1.66. The second-order valence-electron chi connectivity index (χ2n) is 2.73.